The number of aryl methyl sites for hydroxylation is 1. The van der Waals surface area contributed by atoms with Gasteiger partial charge in [0.25, 0.3) is 0 Å². The number of nitrogens with one attached hydrogen (secondary N) is 2. The van der Waals surface area contributed by atoms with Gasteiger partial charge in [0.1, 0.15) is 0 Å². The molecular weight excluding hydrogens is 318 g/mol. The van der Waals surface area contributed by atoms with Crippen molar-refractivity contribution in [3.05, 3.63) is 29.8 Å². The summed E-state index contributed by atoms with van der Waals surface area (Å²) >= 11 is 0. The number of hydrogen-bond donors (Lipinski definition) is 2. The third-order valence-electron chi connectivity index (χ3n) is 4.83. The third-order valence-corrected chi connectivity index (χ3v) is 4.83. The lowest BCUT2D eigenvalue weighted by molar-refractivity contribution is -0.126. The minimum absolute atomic E-state index is 0.0110. The van der Waals surface area contributed by atoms with E-state index in [0.717, 1.165) is 30.5 Å². The Morgan fingerprint density at radius 3 is 2.36 bits per heavy atom. The van der Waals surface area contributed by atoms with Crippen LogP contribution < -0.4 is 15.5 Å². The molecule has 134 valence electrons. The second-order valence-electron chi connectivity index (χ2n) is 6.74. The Balaban J connectivity index is 1.49. The predicted molar refractivity (Wildman–Crippen MR) is 95.0 cm³/mol. The Labute approximate surface area is 148 Å². The van der Waals surface area contributed by atoms with Crippen LogP contribution in [0.1, 0.15) is 31.7 Å². The lowest BCUT2D eigenvalue weighted by Crippen LogP contribution is -2.38. The number of nitrogens with zero attached hydrogens (tertiary/aromatic N) is 1. The number of anilines is 1. The largest absolute Gasteiger partial charge is 0.354 e. The summed E-state index contributed by atoms with van der Waals surface area (Å²) in [5.41, 5.74) is 2.02. The smallest absolute Gasteiger partial charge is 0.227 e. The molecule has 0 unspecified atom stereocenters. The molecule has 1 aliphatic heterocycles. The van der Waals surface area contributed by atoms with E-state index in [1.807, 2.05) is 24.3 Å². The number of para-hydroxylation sites is 1. The van der Waals surface area contributed by atoms with Crippen LogP contribution in [0.3, 0.4) is 0 Å². The van der Waals surface area contributed by atoms with Crippen LogP contribution in [0.5, 0.6) is 0 Å². The summed E-state index contributed by atoms with van der Waals surface area (Å²) < 4.78 is 0. The number of rotatable bonds is 7. The zero-order valence-corrected chi connectivity index (χ0v) is 14.6. The van der Waals surface area contributed by atoms with Crippen LogP contribution in [-0.4, -0.2) is 37.4 Å². The van der Waals surface area contributed by atoms with Crippen LogP contribution in [0.4, 0.5) is 5.69 Å². The fourth-order valence-electron chi connectivity index (χ4n) is 3.19. The van der Waals surface area contributed by atoms with E-state index in [9.17, 15) is 14.4 Å². The maximum absolute atomic E-state index is 12.3. The highest BCUT2D eigenvalue weighted by molar-refractivity contribution is 6.00. The molecule has 1 saturated carbocycles. The molecule has 1 aromatic rings. The van der Waals surface area contributed by atoms with Crippen LogP contribution in [-0.2, 0) is 20.8 Å². The molecule has 6 nitrogen and oxygen atoms in total. The minimum atomic E-state index is -0.337. The highest BCUT2D eigenvalue weighted by Crippen LogP contribution is 2.29. The number of carbonyl (C=O) groups excluding carboxylic acids is 3. The molecule has 1 saturated heterocycles. The summed E-state index contributed by atoms with van der Waals surface area (Å²) in [6, 6.07) is 7.82. The molecule has 0 aromatic heterocycles. The summed E-state index contributed by atoms with van der Waals surface area (Å²) in [7, 11) is 0. The van der Waals surface area contributed by atoms with Crippen molar-refractivity contribution in [2.75, 3.05) is 24.5 Å². The van der Waals surface area contributed by atoms with E-state index < -0.39 is 0 Å². The van der Waals surface area contributed by atoms with Gasteiger partial charge < -0.3 is 15.5 Å². The average molecular weight is 343 g/mol. The predicted octanol–water partition coefficient (Wildman–Crippen LogP) is 1.24. The topological polar surface area (TPSA) is 78.5 Å². The van der Waals surface area contributed by atoms with Gasteiger partial charge in [-0.25, -0.2) is 0 Å². The van der Waals surface area contributed by atoms with E-state index >= 15 is 0 Å². The van der Waals surface area contributed by atoms with Crippen LogP contribution in [0.15, 0.2) is 24.3 Å². The first kappa shape index (κ1) is 17.5. The van der Waals surface area contributed by atoms with Gasteiger partial charge in [0, 0.05) is 37.7 Å². The van der Waals surface area contributed by atoms with Gasteiger partial charge in [-0.15, -0.1) is 0 Å². The summed E-state index contributed by atoms with van der Waals surface area (Å²) in [6.07, 6.45) is 3.02. The number of carbonyl (C=O) groups is 3. The summed E-state index contributed by atoms with van der Waals surface area (Å²) in [5.74, 6) is -0.215. The molecule has 0 bridgehead atoms. The Bertz CT molecular complexity index is 670. The molecule has 1 heterocycles. The first-order valence-electron chi connectivity index (χ1n) is 9.03. The standard InChI is InChI=1S/C19H25N3O3/c1-2-13-5-3-4-6-16(13)22-12-15(11-17(22)23)19(25)21-10-9-20-18(24)14-7-8-14/h3-6,14-15H,2,7-12H2,1H3,(H,20,24)(H,21,25)/t15-/m1/s1. The van der Waals surface area contributed by atoms with Crippen molar-refractivity contribution in [2.45, 2.75) is 32.6 Å². The van der Waals surface area contributed by atoms with Gasteiger partial charge in [0.05, 0.1) is 5.92 Å². The maximum atomic E-state index is 12.3. The zero-order chi connectivity index (χ0) is 17.8. The Kier molecular flexibility index (Phi) is 5.36. The van der Waals surface area contributed by atoms with Gasteiger partial charge in [-0.1, -0.05) is 25.1 Å². The first-order chi connectivity index (χ1) is 12.1. The molecule has 2 aliphatic rings. The average Bonchev–Trinajstić information content (AvgIpc) is 3.40. The molecule has 0 radical (unpaired) electrons. The molecule has 0 spiro atoms. The molecule has 1 atom stereocenters. The van der Waals surface area contributed by atoms with Crippen molar-refractivity contribution in [2.24, 2.45) is 11.8 Å². The molecule has 2 N–H and O–H groups in total. The number of amides is 3. The van der Waals surface area contributed by atoms with E-state index in [0.29, 0.717) is 19.6 Å². The van der Waals surface area contributed by atoms with E-state index in [2.05, 4.69) is 17.6 Å². The van der Waals surface area contributed by atoms with E-state index in [-0.39, 0.29) is 36.0 Å². The Morgan fingerprint density at radius 1 is 1.08 bits per heavy atom. The molecule has 1 aliphatic carbocycles. The zero-order valence-electron chi connectivity index (χ0n) is 14.6. The third kappa shape index (κ3) is 4.18. The monoisotopic (exact) mass is 343 g/mol. The van der Waals surface area contributed by atoms with Crippen molar-refractivity contribution >= 4 is 23.4 Å². The van der Waals surface area contributed by atoms with Crippen LogP contribution in [0.25, 0.3) is 0 Å². The molecule has 1 aromatic carbocycles. The van der Waals surface area contributed by atoms with Crippen LogP contribution >= 0.6 is 0 Å². The van der Waals surface area contributed by atoms with Crippen LogP contribution in [0.2, 0.25) is 0 Å². The molecule has 25 heavy (non-hydrogen) atoms. The quantitative estimate of drug-likeness (QED) is 0.731. The Hall–Kier alpha value is -2.37. The van der Waals surface area contributed by atoms with Gasteiger partial charge in [-0.2, -0.15) is 0 Å². The molecule has 3 rings (SSSR count). The van der Waals surface area contributed by atoms with Gasteiger partial charge >= 0.3 is 0 Å². The SMILES string of the molecule is CCc1ccccc1N1C[C@H](C(=O)NCCNC(=O)C2CC2)CC1=O. The summed E-state index contributed by atoms with van der Waals surface area (Å²) in [6.45, 7) is 3.30. The fourth-order valence-corrected chi connectivity index (χ4v) is 3.19. The normalized spacial score (nSPS) is 19.8. The first-order valence-corrected chi connectivity index (χ1v) is 9.03. The van der Waals surface area contributed by atoms with E-state index in [1.165, 1.54) is 0 Å². The van der Waals surface area contributed by atoms with E-state index in [4.69, 9.17) is 0 Å². The second kappa shape index (κ2) is 7.68. The summed E-state index contributed by atoms with van der Waals surface area (Å²) in [5, 5.41) is 5.65. The number of hydrogen-bond acceptors (Lipinski definition) is 3. The lowest BCUT2D eigenvalue weighted by Gasteiger charge is -2.20. The van der Waals surface area contributed by atoms with Crippen molar-refractivity contribution in [3.63, 3.8) is 0 Å². The summed E-state index contributed by atoms with van der Waals surface area (Å²) in [4.78, 5) is 37.9. The van der Waals surface area contributed by atoms with E-state index in [1.54, 1.807) is 4.90 Å². The molecule has 3 amide bonds. The highest BCUT2D eigenvalue weighted by Gasteiger charge is 2.35. The fraction of sp³-hybridized carbons (Fsp3) is 0.526. The van der Waals surface area contributed by atoms with Gasteiger partial charge in [0.15, 0.2) is 0 Å². The maximum Gasteiger partial charge on any atom is 0.227 e. The van der Waals surface area contributed by atoms with Crippen LogP contribution in [0, 0.1) is 11.8 Å². The minimum Gasteiger partial charge on any atom is -0.354 e. The second-order valence-corrected chi connectivity index (χ2v) is 6.74. The van der Waals surface area contributed by atoms with Crippen molar-refractivity contribution in [1.29, 1.82) is 0 Å². The lowest BCUT2D eigenvalue weighted by atomic mass is 10.1. The highest BCUT2D eigenvalue weighted by atomic mass is 16.2. The molecular formula is C19H25N3O3. The van der Waals surface area contributed by atoms with Crippen molar-refractivity contribution < 1.29 is 14.4 Å². The van der Waals surface area contributed by atoms with Gasteiger partial charge in [-0.3, -0.25) is 14.4 Å². The number of benzene rings is 1. The van der Waals surface area contributed by atoms with Crippen molar-refractivity contribution in [1.82, 2.24) is 10.6 Å². The Morgan fingerprint density at radius 2 is 1.72 bits per heavy atom. The molecule has 6 heteroatoms. The van der Waals surface area contributed by atoms with Crippen molar-refractivity contribution in [3.8, 4) is 0 Å². The molecule has 2 fully saturated rings. The van der Waals surface area contributed by atoms with Gasteiger partial charge in [0.2, 0.25) is 17.7 Å². The van der Waals surface area contributed by atoms with Gasteiger partial charge in [-0.05, 0) is 30.9 Å².